The third-order valence-electron chi connectivity index (χ3n) is 3.51. The molecule has 0 radical (unpaired) electrons. The second kappa shape index (κ2) is 6.44. The molecule has 2 aromatic rings. The molecule has 0 aliphatic carbocycles. The summed E-state index contributed by atoms with van der Waals surface area (Å²) in [7, 11) is 1.57. The smallest absolute Gasteiger partial charge is 0.410 e. The highest BCUT2D eigenvalue weighted by Gasteiger charge is 2.31. The van der Waals surface area contributed by atoms with Crippen LogP contribution >= 0.6 is 0 Å². The molecule has 0 spiro atoms. The zero-order valence-electron chi connectivity index (χ0n) is 14.3. The van der Waals surface area contributed by atoms with Gasteiger partial charge in [-0.2, -0.15) is 0 Å². The molecular weight excluding hydrogens is 294 g/mol. The molecule has 2 rings (SSSR count). The van der Waals surface area contributed by atoms with E-state index in [4.69, 9.17) is 9.15 Å². The Labute approximate surface area is 136 Å². The topological polar surface area (TPSA) is 59.8 Å². The number of amides is 1. The molecule has 1 aromatic heterocycles. The van der Waals surface area contributed by atoms with Crippen LogP contribution in [0.3, 0.4) is 0 Å². The Bertz CT molecular complexity index is 678. The summed E-state index contributed by atoms with van der Waals surface area (Å²) in [6.07, 6.45) is -0.0418. The fourth-order valence-corrected chi connectivity index (χ4v) is 2.36. The highest BCUT2D eigenvalue weighted by Crippen LogP contribution is 2.22. The highest BCUT2D eigenvalue weighted by molar-refractivity contribution is 6.02. The average Bonchev–Trinajstić information content (AvgIpc) is 2.89. The summed E-state index contributed by atoms with van der Waals surface area (Å²) < 4.78 is 10.9. The van der Waals surface area contributed by atoms with Crippen LogP contribution in [0.1, 0.15) is 44.7 Å². The first-order chi connectivity index (χ1) is 10.7. The van der Waals surface area contributed by atoms with Crippen molar-refractivity contribution >= 4 is 22.8 Å². The van der Waals surface area contributed by atoms with Crippen molar-refractivity contribution in [1.29, 1.82) is 0 Å². The third kappa shape index (κ3) is 3.92. The molecule has 5 heteroatoms. The number of fused-ring (bicyclic) bond motifs is 1. The number of ether oxygens (including phenoxy) is 1. The molecule has 0 fully saturated rings. The average molecular weight is 317 g/mol. The third-order valence-corrected chi connectivity index (χ3v) is 3.51. The lowest BCUT2D eigenvalue weighted by Crippen LogP contribution is -2.44. The van der Waals surface area contributed by atoms with Gasteiger partial charge in [0, 0.05) is 12.4 Å². The van der Waals surface area contributed by atoms with Crippen LogP contribution in [0.2, 0.25) is 0 Å². The van der Waals surface area contributed by atoms with Crippen LogP contribution in [0.15, 0.2) is 34.7 Å². The van der Waals surface area contributed by atoms with Crippen LogP contribution in [-0.2, 0) is 4.74 Å². The number of likely N-dealkylation sites (N-methyl/N-ethyl adjacent to an activating group) is 1. The number of hydrogen-bond donors (Lipinski definition) is 0. The van der Waals surface area contributed by atoms with Gasteiger partial charge in [-0.25, -0.2) is 4.79 Å². The van der Waals surface area contributed by atoms with E-state index in [1.54, 1.807) is 33.9 Å². The van der Waals surface area contributed by atoms with Gasteiger partial charge in [-0.15, -0.1) is 0 Å². The van der Waals surface area contributed by atoms with Gasteiger partial charge in [0.05, 0.1) is 0 Å². The SMILES string of the molecule is CC[C@@H](C(=O)c1cc2ccccc2o1)N(C)C(=O)OC(C)(C)C. The fraction of sp³-hybridized carbons (Fsp3) is 0.444. The van der Waals surface area contributed by atoms with Gasteiger partial charge >= 0.3 is 6.09 Å². The standard InChI is InChI=1S/C18H23NO4/c1-6-13(19(5)17(21)23-18(2,3)4)16(20)15-11-12-9-7-8-10-14(12)22-15/h7-11,13H,6H2,1-5H3/t13-/m0/s1. The summed E-state index contributed by atoms with van der Waals surface area (Å²) in [5, 5.41) is 0.866. The lowest BCUT2D eigenvalue weighted by molar-refractivity contribution is 0.0211. The van der Waals surface area contributed by atoms with Crippen LogP contribution in [0, 0.1) is 0 Å². The quantitative estimate of drug-likeness (QED) is 0.790. The zero-order chi connectivity index (χ0) is 17.2. The first-order valence-corrected chi connectivity index (χ1v) is 7.71. The Kier molecular flexibility index (Phi) is 4.78. The van der Waals surface area contributed by atoms with Gasteiger partial charge in [-0.05, 0) is 39.3 Å². The van der Waals surface area contributed by atoms with Gasteiger partial charge in [0.15, 0.2) is 5.76 Å². The lowest BCUT2D eigenvalue weighted by Gasteiger charge is -2.28. The molecule has 5 nitrogen and oxygen atoms in total. The number of carbonyl (C=O) groups excluding carboxylic acids is 2. The molecule has 0 bridgehead atoms. The maximum Gasteiger partial charge on any atom is 0.410 e. The number of carbonyl (C=O) groups is 2. The van der Waals surface area contributed by atoms with Gasteiger partial charge in [0.2, 0.25) is 5.78 Å². The molecule has 1 atom stereocenters. The molecule has 0 N–H and O–H groups in total. The summed E-state index contributed by atoms with van der Waals surface area (Å²) in [6.45, 7) is 7.23. The molecule has 23 heavy (non-hydrogen) atoms. The van der Waals surface area contributed by atoms with Crippen LogP contribution in [0.5, 0.6) is 0 Å². The molecule has 0 aliphatic rings. The van der Waals surface area contributed by atoms with E-state index in [0.29, 0.717) is 12.0 Å². The van der Waals surface area contributed by atoms with Crippen molar-refractivity contribution in [2.24, 2.45) is 0 Å². The van der Waals surface area contributed by atoms with E-state index in [2.05, 4.69) is 0 Å². The second-order valence-corrected chi connectivity index (χ2v) is 6.53. The molecule has 124 valence electrons. The molecule has 1 amide bonds. The summed E-state index contributed by atoms with van der Waals surface area (Å²) >= 11 is 0. The van der Waals surface area contributed by atoms with Gasteiger partial charge in [0.1, 0.15) is 17.2 Å². The summed E-state index contributed by atoms with van der Waals surface area (Å²) in [5.41, 5.74) is 0.0529. The number of benzene rings is 1. The van der Waals surface area contributed by atoms with E-state index in [9.17, 15) is 9.59 Å². The van der Waals surface area contributed by atoms with E-state index in [-0.39, 0.29) is 11.5 Å². The number of rotatable bonds is 4. The van der Waals surface area contributed by atoms with Crippen LogP contribution in [0.4, 0.5) is 4.79 Å². The van der Waals surface area contributed by atoms with Crippen molar-refractivity contribution in [2.75, 3.05) is 7.05 Å². The molecule has 0 unspecified atom stereocenters. The first-order valence-electron chi connectivity index (χ1n) is 7.71. The Morgan fingerprint density at radius 1 is 1.26 bits per heavy atom. The Morgan fingerprint density at radius 2 is 1.91 bits per heavy atom. The van der Waals surface area contributed by atoms with Crippen LogP contribution < -0.4 is 0 Å². The minimum Gasteiger partial charge on any atom is -0.453 e. The zero-order valence-corrected chi connectivity index (χ0v) is 14.3. The molecule has 1 heterocycles. The Balaban J connectivity index is 2.22. The lowest BCUT2D eigenvalue weighted by atomic mass is 10.1. The summed E-state index contributed by atoms with van der Waals surface area (Å²) in [4.78, 5) is 26.2. The van der Waals surface area contributed by atoms with Crippen molar-refractivity contribution in [3.63, 3.8) is 0 Å². The number of para-hydroxylation sites is 1. The van der Waals surface area contributed by atoms with Crippen molar-refractivity contribution in [3.8, 4) is 0 Å². The largest absolute Gasteiger partial charge is 0.453 e. The van der Waals surface area contributed by atoms with Crippen molar-refractivity contribution in [1.82, 2.24) is 4.90 Å². The minimum absolute atomic E-state index is 0.225. The minimum atomic E-state index is -0.620. The maximum absolute atomic E-state index is 12.7. The van der Waals surface area contributed by atoms with Crippen LogP contribution in [-0.4, -0.2) is 35.5 Å². The normalized spacial score (nSPS) is 12.9. The molecule has 1 aromatic carbocycles. The number of ketones is 1. The summed E-state index contributed by atoms with van der Waals surface area (Å²) in [5.74, 6) is 0.0329. The molecule has 0 aliphatic heterocycles. The highest BCUT2D eigenvalue weighted by atomic mass is 16.6. The first kappa shape index (κ1) is 17.1. The van der Waals surface area contributed by atoms with Crippen molar-refractivity contribution in [3.05, 3.63) is 36.1 Å². The second-order valence-electron chi connectivity index (χ2n) is 6.53. The summed E-state index contributed by atoms with van der Waals surface area (Å²) in [6, 6.07) is 8.52. The Morgan fingerprint density at radius 3 is 2.48 bits per heavy atom. The van der Waals surface area contributed by atoms with Gasteiger partial charge < -0.3 is 14.1 Å². The molecule has 0 saturated carbocycles. The van der Waals surface area contributed by atoms with E-state index >= 15 is 0 Å². The monoisotopic (exact) mass is 317 g/mol. The number of furan rings is 1. The van der Waals surface area contributed by atoms with E-state index in [1.807, 2.05) is 31.2 Å². The number of Topliss-reactive ketones (excluding diaryl/α,β-unsaturated/α-hetero) is 1. The predicted octanol–water partition coefficient (Wildman–Crippen LogP) is 4.26. The number of hydrogen-bond acceptors (Lipinski definition) is 4. The molecule has 0 saturated heterocycles. The number of nitrogens with zero attached hydrogens (tertiary/aromatic N) is 1. The van der Waals surface area contributed by atoms with Gasteiger partial charge in [0.25, 0.3) is 0 Å². The van der Waals surface area contributed by atoms with E-state index < -0.39 is 17.7 Å². The van der Waals surface area contributed by atoms with Crippen molar-refractivity contribution in [2.45, 2.75) is 45.8 Å². The van der Waals surface area contributed by atoms with Crippen LogP contribution in [0.25, 0.3) is 11.0 Å². The molecular formula is C18H23NO4. The van der Waals surface area contributed by atoms with Gasteiger partial charge in [-0.1, -0.05) is 25.1 Å². The fourth-order valence-electron chi connectivity index (χ4n) is 2.36. The maximum atomic E-state index is 12.7. The predicted molar refractivity (Wildman–Crippen MR) is 88.6 cm³/mol. The van der Waals surface area contributed by atoms with Gasteiger partial charge in [-0.3, -0.25) is 4.79 Å². The van der Waals surface area contributed by atoms with Crippen molar-refractivity contribution < 1.29 is 18.7 Å². The van der Waals surface area contributed by atoms with E-state index in [1.165, 1.54) is 4.90 Å². The van der Waals surface area contributed by atoms with E-state index in [0.717, 1.165) is 5.39 Å². The Hall–Kier alpha value is -2.30.